The van der Waals surface area contributed by atoms with Crippen molar-refractivity contribution in [3.8, 4) is 0 Å². The summed E-state index contributed by atoms with van der Waals surface area (Å²) < 4.78 is 5.70. The molecular weight excluding hydrogens is 634 g/mol. The van der Waals surface area contributed by atoms with Gasteiger partial charge < -0.3 is 25.3 Å². The first-order chi connectivity index (χ1) is 21.3. The molecule has 3 aromatic rings. The summed E-state index contributed by atoms with van der Waals surface area (Å²) in [5.41, 5.74) is 0.723. The predicted molar refractivity (Wildman–Crippen MR) is 161 cm³/mol. The zero-order valence-electron chi connectivity index (χ0n) is 22.4. The van der Waals surface area contributed by atoms with Gasteiger partial charge in [0.1, 0.15) is 22.8 Å². The molecular formula is C28H22ClN5O8S2. The summed E-state index contributed by atoms with van der Waals surface area (Å²) in [4.78, 5) is 71.9. The van der Waals surface area contributed by atoms with Crippen LogP contribution in [-0.4, -0.2) is 74.6 Å². The number of rotatable bonds is 12. The van der Waals surface area contributed by atoms with Crippen LogP contribution in [0, 0.1) is 0 Å². The van der Waals surface area contributed by atoms with Crippen LogP contribution in [0.3, 0.4) is 0 Å². The monoisotopic (exact) mass is 655 g/mol. The van der Waals surface area contributed by atoms with E-state index in [-0.39, 0.29) is 27.3 Å². The minimum atomic E-state index is -1.36. The molecule has 2 aromatic carbocycles. The fourth-order valence-electron chi connectivity index (χ4n) is 4.39. The molecule has 2 aliphatic rings. The minimum Gasteiger partial charge on any atom is -0.477 e. The number of carbonyl (C=O) groups excluding carboxylic acids is 4. The molecule has 3 heterocycles. The zero-order chi connectivity index (χ0) is 31.2. The van der Waals surface area contributed by atoms with Gasteiger partial charge in [-0.3, -0.25) is 19.3 Å². The van der Waals surface area contributed by atoms with Crippen LogP contribution < -0.4 is 10.6 Å². The number of hydrogen-bond acceptors (Lipinski definition) is 11. The van der Waals surface area contributed by atoms with Gasteiger partial charge in [0.15, 0.2) is 16.9 Å². The first kappa shape index (κ1) is 30.7. The van der Waals surface area contributed by atoms with E-state index >= 15 is 0 Å². The Balaban J connectivity index is 1.31. The van der Waals surface area contributed by atoms with E-state index in [0.717, 1.165) is 27.4 Å². The number of nitrogens with one attached hydrogen (secondary N) is 2. The van der Waals surface area contributed by atoms with Gasteiger partial charge in [-0.05, 0) is 11.1 Å². The molecule has 1 fully saturated rings. The maximum Gasteiger partial charge on any atom is 0.353 e. The summed E-state index contributed by atoms with van der Waals surface area (Å²) >= 11 is 8.20. The van der Waals surface area contributed by atoms with Crippen molar-refractivity contribution in [3.63, 3.8) is 0 Å². The van der Waals surface area contributed by atoms with E-state index in [1.165, 1.54) is 17.1 Å². The van der Waals surface area contributed by atoms with Crippen molar-refractivity contribution in [3.05, 3.63) is 93.6 Å². The number of amides is 3. The Labute approximate surface area is 262 Å². The van der Waals surface area contributed by atoms with Crippen LogP contribution >= 0.6 is 34.7 Å². The molecule has 1 saturated heterocycles. The van der Waals surface area contributed by atoms with E-state index in [1.807, 2.05) is 60.7 Å². The average Bonchev–Trinajstić information content (AvgIpc) is 3.49. The molecule has 16 heteroatoms. The number of aliphatic carboxylic acids is 1. The van der Waals surface area contributed by atoms with Crippen molar-refractivity contribution >= 4 is 75.7 Å². The topological polar surface area (TPSA) is 177 Å². The Kier molecular flexibility index (Phi) is 9.57. The molecule has 0 aliphatic carbocycles. The smallest absolute Gasteiger partial charge is 0.353 e. The van der Waals surface area contributed by atoms with E-state index in [9.17, 15) is 29.1 Å². The van der Waals surface area contributed by atoms with Crippen LogP contribution in [-0.2, 0) is 33.5 Å². The first-order valence-corrected chi connectivity index (χ1v) is 15.1. The van der Waals surface area contributed by atoms with Gasteiger partial charge in [0.2, 0.25) is 13.0 Å². The number of oxime groups is 1. The number of carboxylic acids is 1. The quantitative estimate of drug-likeness (QED) is 0.0864. The second kappa shape index (κ2) is 13.7. The number of benzene rings is 2. The van der Waals surface area contributed by atoms with E-state index in [4.69, 9.17) is 21.2 Å². The van der Waals surface area contributed by atoms with Gasteiger partial charge in [0.25, 0.3) is 11.8 Å². The van der Waals surface area contributed by atoms with E-state index in [0.29, 0.717) is 6.41 Å². The van der Waals surface area contributed by atoms with Crippen LogP contribution in [0.25, 0.3) is 0 Å². The highest BCUT2D eigenvalue weighted by Gasteiger charge is 2.54. The predicted octanol–water partition coefficient (Wildman–Crippen LogP) is 2.70. The van der Waals surface area contributed by atoms with E-state index in [2.05, 4.69) is 20.8 Å². The van der Waals surface area contributed by atoms with Crippen molar-refractivity contribution < 1.29 is 38.7 Å². The molecule has 3 amide bonds. The average molecular weight is 656 g/mol. The number of anilines is 1. The maximum atomic E-state index is 13.3. The standard InChI is InChI=1S/C28H22ClN5O8S2/c29-17-12-43-26-21(25(38)34(26)22(17)27(39)40)32-24(37)20(18-13-44-28(31-18)30-14-35)33-41-11-19(36)42-23(15-7-3-1-4-8-15)16-9-5-2-6-10-16/h1-10,13-14,21,23,26H,11-12H2,(H,32,37)(H,39,40)(H,30,31,35)/t21?,26-/m0/s1. The summed E-state index contributed by atoms with van der Waals surface area (Å²) in [5, 5.41) is 19.1. The van der Waals surface area contributed by atoms with Gasteiger partial charge in [-0.1, -0.05) is 77.4 Å². The van der Waals surface area contributed by atoms with Crippen molar-refractivity contribution in [1.82, 2.24) is 15.2 Å². The number of halogens is 1. The minimum absolute atomic E-state index is 0.00856. The van der Waals surface area contributed by atoms with Crippen molar-refractivity contribution in [2.75, 3.05) is 17.7 Å². The second-order valence-corrected chi connectivity index (χ2v) is 11.5. The highest BCUT2D eigenvalue weighted by atomic mass is 35.5. The molecule has 5 rings (SSSR count). The van der Waals surface area contributed by atoms with Gasteiger partial charge in [0, 0.05) is 11.1 Å². The third kappa shape index (κ3) is 6.59. The molecule has 44 heavy (non-hydrogen) atoms. The van der Waals surface area contributed by atoms with Crippen LogP contribution in [0.1, 0.15) is 22.9 Å². The number of ether oxygens (including phenoxy) is 1. The zero-order valence-corrected chi connectivity index (χ0v) is 24.8. The number of thiazole rings is 1. The van der Waals surface area contributed by atoms with Gasteiger partial charge in [0.05, 0.1) is 5.03 Å². The SMILES string of the molecule is O=CNc1nc(C(=NOCC(=O)OC(c2ccccc2)c2ccccc2)C(=O)NC2C(=O)N3C(C(=O)O)=C(Cl)CS[C@@H]23)cs1. The molecule has 0 spiro atoms. The number of fused-ring (bicyclic) bond motifs is 1. The van der Waals surface area contributed by atoms with Gasteiger partial charge in [-0.25, -0.2) is 14.6 Å². The lowest BCUT2D eigenvalue weighted by Crippen LogP contribution is -2.71. The molecule has 2 aliphatic heterocycles. The van der Waals surface area contributed by atoms with Crippen LogP contribution in [0.2, 0.25) is 0 Å². The van der Waals surface area contributed by atoms with Crippen LogP contribution in [0.4, 0.5) is 5.13 Å². The molecule has 2 atom stereocenters. The number of hydrogen-bond donors (Lipinski definition) is 3. The Morgan fingerprint density at radius 1 is 1.14 bits per heavy atom. The molecule has 13 nitrogen and oxygen atoms in total. The molecule has 3 N–H and O–H groups in total. The number of carboxylic acid groups (broad SMARTS) is 1. The molecule has 0 bridgehead atoms. The van der Waals surface area contributed by atoms with Gasteiger partial charge in [-0.15, -0.1) is 23.1 Å². The molecule has 0 saturated carbocycles. The molecule has 0 radical (unpaired) electrons. The summed E-state index contributed by atoms with van der Waals surface area (Å²) in [6.07, 6.45) is -0.322. The highest BCUT2D eigenvalue weighted by Crippen LogP contribution is 2.41. The van der Waals surface area contributed by atoms with Gasteiger partial charge in [-0.2, -0.15) is 0 Å². The number of β-lactam (4-membered cyclic amide) rings is 1. The molecule has 1 aromatic heterocycles. The van der Waals surface area contributed by atoms with Crippen LogP contribution in [0.5, 0.6) is 0 Å². The van der Waals surface area contributed by atoms with Crippen molar-refractivity contribution in [1.29, 1.82) is 0 Å². The Morgan fingerprint density at radius 3 is 2.41 bits per heavy atom. The highest BCUT2D eigenvalue weighted by molar-refractivity contribution is 8.00. The summed E-state index contributed by atoms with van der Waals surface area (Å²) in [6, 6.07) is 17.1. The third-order valence-corrected chi connectivity index (χ3v) is 8.87. The number of thioether (sulfide) groups is 1. The number of carbonyl (C=O) groups is 5. The van der Waals surface area contributed by atoms with Crippen molar-refractivity contribution in [2.45, 2.75) is 17.5 Å². The van der Waals surface area contributed by atoms with E-state index < -0.39 is 53.6 Å². The third-order valence-electron chi connectivity index (χ3n) is 6.35. The van der Waals surface area contributed by atoms with E-state index in [1.54, 1.807) is 0 Å². The first-order valence-electron chi connectivity index (χ1n) is 12.8. The van der Waals surface area contributed by atoms with Crippen LogP contribution in [0.15, 0.2) is 81.9 Å². The lowest BCUT2D eigenvalue weighted by molar-refractivity contribution is -0.153. The summed E-state index contributed by atoms with van der Waals surface area (Å²) in [6.45, 7) is -0.670. The maximum absolute atomic E-state index is 13.3. The second-order valence-electron chi connectivity index (χ2n) is 9.12. The lowest BCUT2D eigenvalue weighted by atomic mass is 10.0. The van der Waals surface area contributed by atoms with Crippen molar-refractivity contribution in [2.24, 2.45) is 5.16 Å². The Hall–Kier alpha value is -4.73. The fraction of sp³-hybridized carbons (Fsp3) is 0.179. The largest absolute Gasteiger partial charge is 0.477 e. The molecule has 1 unspecified atom stereocenters. The fourth-order valence-corrected chi connectivity index (χ4v) is 6.60. The number of nitrogens with zero attached hydrogens (tertiary/aromatic N) is 3. The lowest BCUT2D eigenvalue weighted by Gasteiger charge is -2.48. The molecule has 226 valence electrons. The number of esters is 1. The number of aromatic nitrogens is 1. The Morgan fingerprint density at radius 2 is 1.80 bits per heavy atom. The normalized spacial score (nSPS) is 17.8. The summed E-state index contributed by atoms with van der Waals surface area (Å²) in [5.74, 6) is -3.56. The van der Waals surface area contributed by atoms with Gasteiger partial charge >= 0.3 is 11.9 Å². The summed E-state index contributed by atoms with van der Waals surface area (Å²) in [7, 11) is 0. The Bertz CT molecular complexity index is 1610.